The van der Waals surface area contributed by atoms with E-state index in [9.17, 15) is 9.50 Å². The van der Waals surface area contributed by atoms with Crippen LogP contribution in [0.1, 0.15) is 31.2 Å². The second-order valence-electron chi connectivity index (χ2n) is 6.22. The Bertz CT molecular complexity index is 576. The molecule has 1 aromatic carbocycles. The maximum Gasteiger partial charge on any atom is 0.137 e. The van der Waals surface area contributed by atoms with E-state index in [4.69, 9.17) is 11.6 Å². The Morgan fingerprint density at radius 1 is 1.32 bits per heavy atom. The molecule has 2 unspecified atom stereocenters. The van der Waals surface area contributed by atoms with E-state index in [0.717, 1.165) is 5.56 Å². The van der Waals surface area contributed by atoms with E-state index < -0.39 is 23.1 Å². The predicted octanol–water partition coefficient (Wildman–Crippen LogP) is 3.38. The quantitative estimate of drug-likeness (QED) is 0.794. The van der Waals surface area contributed by atoms with Gasteiger partial charge in [0, 0.05) is 5.41 Å². The first-order chi connectivity index (χ1) is 10.4. The van der Waals surface area contributed by atoms with Crippen LogP contribution in [0.5, 0.6) is 0 Å². The van der Waals surface area contributed by atoms with Crippen LogP contribution in [0.4, 0.5) is 4.39 Å². The molecule has 1 aromatic heterocycles. The maximum absolute atomic E-state index is 13.5. The van der Waals surface area contributed by atoms with Crippen molar-refractivity contribution in [2.24, 2.45) is 5.41 Å². The van der Waals surface area contributed by atoms with Gasteiger partial charge in [-0.2, -0.15) is 5.10 Å². The second kappa shape index (κ2) is 6.75. The summed E-state index contributed by atoms with van der Waals surface area (Å²) in [6.07, 6.45) is 3.11. The van der Waals surface area contributed by atoms with E-state index in [1.54, 1.807) is 13.8 Å². The number of hydrogen-bond donors (Lipinski definition) is 1. The van der Waals surface area contributed by atoms with Crippen molar-refractivity contribution in [3.05, 3.63) is 48.5 Å². The second-order valence-corrected chi connectivity index (χ2v) is 6.75. The lowest BCUT2D eigenvalue weighted by Crippen LogP contribution is -2.50. The SMILES string of the molecule is CC(C)(CF)C(O)(CC(Cl)c1ccccc1)Cn1cncn1. The van der Waals surface area contributed by atoms with Gasteiger partial charge in [-0.25, -0.2) is 4.98 Å². The summed E-state index contributed by atoms with van der Waals surface area (Å²) in [5.74, 6) is 0. The minimum Gasteiger partial charge on any atom is -0.387 e. The lowest BCUT2D eigenvalue weighted by Gasteiger charge is -2.42. The highest BCUT2D eigenvalue weighted by atomic mass is 35.5. The minimum absolute atomic E-state index is 0.139. The molecule has 0 saturated carbocycles. The summed E-state index contributed by atoms with van der Waals surface area (Å²) in [4.78, 5) is 3.87. The summed E-state index contributed by atoms with van der Waals surface area (Å²) in [6.45, 7) is 2.87. The van der Waals surface area contributed by atoms with Crippen molar-refractivity contribution in [2.75, 3.05) is 6.67 Å². The number of rotatable bonds is 7. The van der Waals surface area contributed by atoms with Gasteiger partial charge in [0.1, 0.15) is 12.7 Å². The molecule has 0 aliphatic heterocycles. The zero-order valence-corrected chi connectivity index (χ0v) is 13.5. The maximum atomic E-state index is 13.5. The average molecular weight is 326 g/mol. The van der Waals surface area contributed by atoms with Crippen LogP contribution in [-0.2, 0) is 6.54 Å². The molecule has 2 rings (SSSR count). The number of aromatic nitrogens is 3. The zero-order chi connectivity index (χ0) is 16.2. The molecule has 0 aliphatic carbocycles. The van der Waals surface area contributed by atoms with E-state index in [0.29, 0.717) is 0 Å². The van der Waals surface area contributed by atoms with Gasteiger partial charge in [-0.1, -0.05) is 44.2 Å². The van der Waals surface area contributed by atoms with Crippen molar-refractivity contribution in [2.45, 2.75) is 37.8 Å². The Morgan fingerprint density at radius 2 is 2.00 bits per heavy atom. The molecule has 2 atom stereocenters. The summed E-state index contributed by atoms with van der Waals surface area (Å²) in [6, 6.07) is 9.48. The van der Waals surface area contributed by atoms with Gasteiger partial charge in [0.15, 0.2) is 0 Å². The molecular formula is C16H21ClFN3O. The standard InChI is InChI=1S/C16H21ClFN3O/c1-15(2,9-18)16(22,10-21-12-19-11-20-21)8-14(17)13-6-4-3-5-7-13/h3-7,11-12,14,22H,8-10H2,1-2H3. The van der Waals surface area contributed by atoms with Gasteiger partial charge in [0.25, 0.3) is 0 Å². The fraction of sp³-hybridized carbons (Fsp3) is 0.500. The van der Waals surface area contributed by atoms with Crippen LogP contribution < -0.4 is 0 Å². The third kappa shape index (κ3) is 3.65. The smallest absolute Gasteiger partial charge is 0.137 e. The number of hydrogen-bond acceptors (Lipinski definition) is 3. The van der Waals surface area contributed by atoms with Crippen LogP contribution >= 0.6 is 11.6 Å². The van der Waals surface area contributed by atoms with E-state index in [1.165, 1.54) is 17.3 Å². The third-order valence-electron chi connectivity index (χ3n) is 4.16. The molecule has 0 bridgehead atoms. The van der Waals surface area contributed by atoms with Gasteiger partial charge >= 0.3 is 0 Å². The first kappa shape index (κ1) is 16.9. The van der Waals surface area contributed by atoms with Gasteiger partial charge in [-0.15, -0.1) is 11.6 Å². The Balaban J connectivity index is 2.24. The van der Waals surface area contributed by atoms with Crippen LogP contribution in [0.2, 0.25) is 0 Å². The lowest BCUT2D eigenvalue weighted by atomic mass is 9.72. The van der Waals surface area contributed by atoms with E-state index >= 15 is 0 Å². The molecule has 0 aliphatic rings. The summed E-state index contributed by atoms with van der Waals surface area (Å²) in [5, 5.41) is 14.7. The highest BCUT2D eigenvalue weighted by Crippen LogP contribution is 2.41. The highest BCUT2D eigenvalue weighted by molar-refractivity contribution is 6.20. The van der Waals surface area contributed by atoms with Crippen LogP contribution in [0, 0.1) is 5.41 Å². The van der Waals surface area contributed by atoms with Crippen molar-refractivity contribution in [3.8, 4) is 0 Å². The number of nitrogens with zero attached hydrogens (tertiary/aromatic N) is 3. The lowest BCUT2D eigenvalue weighted by molar-refractivity contribution is -0.0979. The largest absolute Gasteiger partial charge is 0.387 e. The summed E-state index contributed by atoms with van der Waals surface area (Å²) in [7, 11) is 0. The molecule has 0 amide bonds. The molecule has 2 aromatic rings. The Labute approximate surface area is 134 Å². The van der Waals surface area contributed by atoms with Crippen LogP contribution in [0.3, 0.4) is 0 Å². The first-order valence-electron chi connectivity index (χ1n) is 7.18. The first-order valence-corrected chi connectivity index (χ1v) is 7.61. The molecule has 4 nitrogen and oxygen atoms in total. The fourth-order valence-corrected chi connectivity index (χ4v) is 2.74. The van der Waals surface area contributed by atoms with Gasteiger partial charge in [-0.3, -0.25) is 9.07 Å². The molecule has 1 heterocycles. The number of aliphatic hydroxyl groups is 1. The molecule has 6 heteroatoms. The van der Waals surface area contributed by atoms with Gasteiger partial charge in [0.05, 0.1) is 24.2 Å². The van der Waals surface area contributed by atoms with Crippen molar-refractivity contribution >= 4 is 11.6 Å². The molecular weight excluding hydrogens is 305 g/mol. The van der Waals surface area contributed by atoms with Gasteiger partial charge < -0.3 is 5.11 Å². The van der Waals surface area contributed by atoms with E-state index in [-0.39, 0.29) is 13.0 Å². The topological polar surface area (TPSA) is 50.9 Å². The van der Waals surface area contributed by atoms with Gasteiger partial charge in [0.2, 0.25) is 0 Å². The normalized spacial score (nSPS) is 16.2. The summed E-state index contributed by atoms with van der Waals surface area (Å²) >= 11 is 6.47. The molecule has 1 N–H and O–H groups in total. The molecule has 0 radical (unpaired) electrons. The van der Waals surface area contributed by atoms with E-state index in [1.807, 2.05) is 30.3 Å². The Kier molecular flexibility index (Phi) is 5.19. The van der Waals surface area contributed by atoms with Crippen molar-refractivity contribution in [1.29, 1.82) is 0 Å². The summed E-state index contributed by atoms with van der Waals surface area (Å²) in [5.41, 5.74) is -1.41. The van der Waals surface area contributed by atoms with Crippen LogP contribution in [-0.4, -0.2) is 32.1 Å². The Morgan fingerprint density at radius 3 is 2.55 bits per heavy atom. The molecule has 0 spiro atoms. The van der Waals surface area contributed by atoms with Crippen molar-refractivity contribution < 1.29 is 9.50 Å². The van der Waals surface area contributed by atoms with Crippen LogP contribution in [0.15, 0.2) is 43.0 Å². The summed E-state index contributed by atoms with van der Waals surface area (Å²) < 4.78 is 15.0. The highest BCUT2D eigenvalue weighted by Gasteiger charge is 2.45. The predicted molar refractivity (Wildman–Crippen MR) is 84.4 cm³/mol. The monoisotopic (exact) mass is 325 g/mol. The van der Waals surface area contributed by atoms with E-state index in [2.05, 4.69) is 10.1 Å². The number of benzene rings is 1. The number of halogens is 2. The van der Waals surface area contributed by atoms with Crippen molar-refractivity contribution in [3.63, 3.8) is 0 Å². The minimum atomic E-state index is -1.35. The average Bonchev–Trinajstić information content (AvgIpc) is 3.00. The zero-order valence-electron chi connectivity index (χ0n) is 12.8. The number of alkyl halides is 2. The third-order valence-corrected chi connectivity index (χ3v) is 4.57. The van der Waals surface area contributed by atoms with Crippen LogP contribution in [0.25, 0.3) is 0 Å². The van der Waals surface area contributed by atoms with Gasteiger partial charge in [-0.05, 0) is 12.0 Å². The molecule has 0 fully saturated rings. The molecule has 22 heavy (non-hydrogen) atoms. The molecule has 0 saturated heterocycles. The fourth-order valence-electron chi connectivity index (χ4n) is 2.34. The Hall–Kier alpha value is -1.46. The van der Waals surface area contributed by atoms with Crippen molar-refractivity contribution in [1.82, 2.24) is 14.8 Å². The molecule has 120 valence electrons.